The van der Waals surface area contributed by atoms with Crippen molar-refractivity contribution < 1.29 is 61.2 Å². The van der Waals surface area contributed by atoms with E-state index < -0.39 is 0 Å². The van der Waals surface area contributed by atoms with Crippen molar-refractivity contribution in [3.8, 4) is 102 Å². The van der Waals surface area contributed by atoms with Crippen LogP contribution < -0.4 is 0 Å². The van der Waals surface area contributed by atoms with Crippen LogP contribution in [0.1, 0.15) is 25.0 Å². The molecule has 10 nitrogen and oxygen atoms in total. The van der Waals surface area contributed by atoms with Crippen LogP contribution >= 0.6 is 0 Å². The molecular formula is C95H62N6O4Pt2-2. The summed E-state index contributed by atoms with van der Waals surface area (Å²) in [6.07, 6.45) is 3.66. The van der Waals surface area contributed by atoms with Crippen molar-refractivity contribution in [1.82, 2.24) is 29.1 Å². The first-order chi connectivity index (χ1) is 51.6. The van der Waals surface area contributed by atoms with Gasteiger partial charge in [-0.2, -0.15) is 0 Å². The number of rotatable bonds is 11. The van der Waals surface area contributed by atoms with Crippen molar-refractivity contribution >= 4 is 87.5 Å². The molecule has 0 aliphatic heterocycles. The van der Waals surface area contributed by atoms with E-state index in [9.17, 15) is 10.2 Å². The van der Waals surface area contributed by atoms with Crippen molar-refractivity contribution in [2.24, 2.45) is 0 Å². The molecule has 0 saturated heterocycles. The summed E-state index contributed by atoms with van der Waals surface area (Å²) >= 11 is 0. The number of imidazole rings is 2. The molecule has 6 heterocycles. The summed E-state index contributed by atoms with van der Waals surface area (Å²) < 4.78 is 17.0. The molecule has 20 aromatic rings. The van der Waals surface area contributed by atoms with Gasteiger partial charge in [0, 0.05) is 103 Å². The summed E-state index contributed by atoms with van der Waals surface area (Å²) in [5.41, 5.74) is 21.1. The maximum Gasteiger partial charge on any atom is 0.152 e. The van der Waals surface area contributed by atoms with E-state index in [1.165, 1.54) is 5.56 Å². The molecule has 6 aromatic heterocycles. The Morgan fingerprint density at radius 2 is 0.738 bits per heavy atom. The monoisotopic (exact) mass is 1740 g/mol. The van der Waals surface area contributed by atoms with E-state index in [4.69, 9.17) is 28.8 Å². The van der Waals surface area contributed by atoms with Gasteiger partial charge in [0.2, 0.25) is 0 Å². The molecule has 107 heavy (non-hydrogen) atoms. The Kier molecular flexibility index (Phi) is 17.6. The van der Waals surface area contributed by atoms with Gasteiger partial charge >= 0.3 is 0 Å². The molecule has 14 aromatic carbocycles. The summed E-state index contributed by atoms with van der Waals surface area (Å²) in [5.74, 6) is 1.67. The fourth-order valence-corrected chi connectivity index (χ4v) is 15.0. The van der Waals surface area contributed by atoms with Gasteiger partial charge in [0.25, 0.3) is 0 Å². The van der Waals surface area contributed by atoms with E-state index in [-0.39, 0.29) is 59.0 Å². The molecule has 0 saturated carbocycles. The Morgan fingerprint density at radius 1 is 0.336 bits per heavy atom. The predicted molar refractivity (Wildman–Crippen MR) is 425 cm³/mol. The minimum absolute atomic E-state index is 0. The number of fused-ring (bicyclic) bond motifs is 12. The first-order valence-electron chi connectivity index (χ1n) is 35.0. The molecule has 2 N–H and O–H groups in total. The molecule has 0 bridgehead atoms. The fourth-order valence-electron chi connectivity index (χ4n) is 15.0. The summed E-state index contributed by atoms with van der Waals surface area (Å²) in [5, 5.41) is 30.6. The Hall–Kier alpha value is -12.6. The Labute approximate surface area is 644 Å². The Balaban J connectivity index is 0.000000154. The number of hydrogen-bond acceptors (Lipinski definition) is 8. The van der Waals surface area contributed by atoms with Gasteiger partial charge in [-0.25, -0.2) is 9.97 Å². The minimum atomic E-state index is -0.344. The maximum absolute atomic E-state index is 11.0. The number of pyridine rings is 2. The van der Waals surface area contributed by atoms with Gasteiger partial charge in [-0.05, 0) is 94.7 Å². The summed E-state index contributed by atoms with van der Waals surface area (Å²) in [6, 6.07) is 114. The number of furan rings is 2. The van der Waals surface area contributed by atoms with Gasteiger partial charge in [-0.3, -0.25) is 19.1 Å². The number of hydrogen-bond donors (Lipinski definition) is 2. The number of aromatic hydroxyl groups is 2. The van der Waals surface area contributed by atoms with Gasteiger partial charge in [-0.15, -0.1) is 53.1 Å². The zero-order valence-electron chi connectivity index (χ0n) is 57.7. The molecule has 0 atom stereocenters. The van der Waals surface area contributed by atoms with Crippen molar-refractivity contribution in [3.63, 3.8) is 0 Å². The van der Waals surface area contributed by atoms with Gasteiger partial charge in [-0.1, -0.05) is 260 Å². The SMILES string of the molecule is CC(C)(c1ccccc1)c1cc(-c2cc3c(cn2)oc2c4ccccc4ccc32)[c-]c(-c2cccc3c2nc(-c2ccccc2O)n3-c2ccccc2)c1.Oc1ccccc1-c1nc2c(-c3[c-]c(-c4cc5c(cn4)oc4c6ccccc6ccc54)cc(-c4ccccc4)c3)cccc2n1-c1ccccc1.[Pt].[Pt]. The topological polar surface area (TPSA) is 128 Å². The average molecular weight is 1740 g/mol. The van der Waals surface area contributed by atoms with Crippen molar-refractivity contribution in [2.75, 3.05) is 0 Å². The van der Waals surface area contributed by atoms with E-state index in [1.54, 1.807) is 12.1 Å². The second-order valence-corrected chi connectivity index (χ2v) is 27.0. The summed E-state index contributed by atoms with van der Waals surface area (Å²) in [4.78, 5) is 20.4. The van der Waals surface area contributed by atoms with Crippen LogP contribution in [0, 0.1) is 12.1 Å². The average Bonchev–Trinajstić information content (AvgIpc) is 1.64. The third-order valence-electron chi connectivity index (χ3n) is 20.4. The van der Waals surface area contributed by atoms with Crippen LogP contribution in [0.15, 0.2) is 337 Å². The van der Waals surface area contributed by atoms with Crippen molar-refractivity contribution in [3.05, 3.63) is 351 Å². The smallest absolute Gasteiger partial charge is 0.152 e. The van der Waals surface area contributed by atoms with Crippen molar-refractivity contribution in [1.29, 1.82) is 0 Å². The number of phenolic OH excluding ortho intramolecular Hbond substituents is 2. The molecular weight excluding hydrogens is 1680 g/mol. The third kappa shape index (κ3) is 12.0. The summed E-state index contributed by atoms with van der Waals surface area (Å²) in [7, 11) is 0. The molecule has 0 radical (unpaired) electrons. The minimum Gasteiger partial charge on any atom is -0.507 e. The zero-order chi connectivity index (χ0) is 70.3. The quantitative estimate of drug-likeness (QED) is 0.123. The molecule has 12 heteroatoms. The van der Waals surface area contributed by atoms with Gasteiger partial charge in [0.15, 0.2) is 11.2 Å². The largest absolute Gasteiger partial charge is 0.507 e. The van der Waals surface area contributed by atoms with E-state index in [0.717, 1.165) is 160 Å². The van der Waals surface area contributed by atoms with E-state index >= 15 is 0 Å². The van der Waals surface area contributed by atoms with Gasteiger partial charge in [0.05, 0.1) is 45.6 Å². The molecule has 0 aliphatic carbocycles. The Bertz CT molecular complexity index is 6790. The number of benzene rings is 14. The molecule has 0 fully saturated rings. The number of phenols is 2. The second-order valence-electron chi connectivity index (χ2n) is 27.0. The normalized spacial score (nSPS) is 11.6. The second kappa shape index (κ2) is 27.8. The predicted octanol–water partition coefficient (Wildman–Crippen LogP) is 23.9. The maximum atomic E-state index is 11.0. The number of nitrogens with zero attached hydrogens (tertiary/aromatic N) is 6. The van der Waals surface area contributed by atoms with Crippen LogP contribution in [-0.4, -0.2) is 39.3 Å². The molecule has 0 unspecified atom stereocenters. The third-order valence-corrected chi connectivity index (χ3v) is 20.4. The molecule has 0 amide bonds. The van der Waals surface area contributed by atoms with Crippen LogP contribution in [0.25, 0.3) is 178 Å². The van der Waals surface area contributed by atoms with E-state index in [2.05, 4.69) is 235 Å². The van der Waals surface area contributed by atoms with E-state index in [0.29, 0.717) is 22.8 Å². The first-order valence-corrected chi connectivity index (χ1v) is 35.0. The van der Waals surface area contributed by atoms with Crippen LogP contribution in [0.4, 0.5) is 0 Å². The van der Waals surface area contributed by atoms with Crippen LogP contribution in [0.3, 0.4) is 0 Å². The standard InChI is InChI=1S/C49H34N3O2.C46H28N3O2.2Pt/c1-49(2,34-15-5-3-6-16-34)35-27-32(26-33(28-35)42-29-41-39-25-24-31-14-9-10-19-38(31)47(39)54-45(41)30-50-42)37-21-13-22-43-46(37)51-48(40-20-11-12-23-44(40)53)52(43)36-17-7-4-8-18-36;50-42-21-10-9-18-38(42)46-48-44-35(19-11-20-41(44)49(46)34-15-5-2-6-16-34)32-24-31(29-12-3-1-4-13-29)25-33(26-32)40-27-39-37-23-22-30-14-7-8-17-36(30)45(37)51-43(39)28-47-40;;/h3-25,27-30,53H,1-2H3;1-25,27-28,50H;;/q2*-1;;. The van der Waals surface area contributed by atoms with Gasteiger partial charge < -0.3 is 19.0 Å². The molecule has 0 spiro atoms. The van der Waals surface area contributed by atoms with Crippen LogP contribution in [-0.2, 0) is 47.5 Å². The fraction of sp³-hybridized carbons (Fsp3) is 0.0316. The molecule has 0 aliphatic rings. The Morgan fingerprint density at radius 3 is 1.23 bits per heavy atom. The molecule has 20 rings (SSSR count). The zero-order valence-corrected chi connectivity index (χ0v) is 62.2. The van der Waals surface area contributed by atoms with Gasteiger partial charge in [0.1, 0.15) is 34.3 Å². The van der Waals surface area contributed by atoms with Crippen LogP contribution in [0.2, 0.25) is 0 Å². The first kappa shape index (κ1) is 67.6. The van der Waals surface area contributed by atoms with Crippen LogP contribution in [0.5, 0.6) is 11.5 Å². The van der Waals surface area contributed by atoms with Crippen molar-refractivity contribution in [2.45, 2.75) is 19.3 Å². The molecule has 518 valence electrons. The van der Waals surface area contributed by atoms with E-state index in [1.807, 2.05) is 116 Å². The number of aromatic nitrogens is 6. The number of para-hydroxylation sites is 6. The summed E-state index contributed by atoms with van der Waals surface area (Å²) in [6.45, 7) is 4.52.